The highest BCUT2D eigenvalue weighted by Crippen LogP contribution is 2.33. The lowest BCUT2D eigenvalue weighted by Crippen LogP contribution is -2.22. The molecule has 138 valence electrons. The number of Topliss-reactive ketones (excluding diaryl/α,β-unsaturated/α-hetero) is 1. The molecule has 0 saturated carbocycles. The Morgan fingerprint density at radius 1 is 1.07 bits per heavy atom. The zero-order valence-electron chi connectivity index (χ0n) is 14.0. The predicted octanol–water partition coefficient (Wildman–Crippen LogP) is 5.27. The number of halogens is 2. The van der Waals surface area contributed by atoms with Crippen molar-refractivity contribution >= 4 is 63.1 Å². The van der Waals surface area contributed by atoms with Crippen molar-refractivity contribution in [3.8, 4) is 0 Å². The topological polar surface area (TPSA) is 72.0 Å². The monoisotopic (exact) mass is 437 g/mol. The van der Waals surface area contributed by atoms with Gasteiger partial charge in [-0.05, 0) is 24.6 Å². The Labute approximate surface area is 174 Å². The second-order valence-corrected chi connectivity index (χ2v) is 8.53. The summed E-state index contributed by atoms with van der Waals surface area (Å²) >= 11 is 14.9. The number of carbonyl (C=O) groups excluding carboxylic acids is 2. The molecule has 0 atom stereocenters. The fraction of sp³-hybridized carbons (Fsp3) is 0.111. The number of aromatic nitrogens is 2. The highest BCUT2D eigenvalue weighted by Gasteiger charge is 2.18. The number of ketones is 1. The molecular weight excluding hydrogens is 425 g/mol. The molecule has 1 aromatic heterocycles. The van der Waals surface area contributed by atoms with E-state index in [0.717, 1.165) is 11.1 Å². The minimum Gasteiger partial charge on any atom is -0.293 e. The maximum atomic E-state index is 12.2. The highest BCUT2D eigenvalue weighted by molar-refractivity contribution is 8.00. The SMILES string of the molecule is Cc1ccc(C(=O)C(=O)Nc2nnc(SCc3c(Cl)cccc3Cl)s2)cc1. The molecule has 5 nitrogen and oxygen atoms in total. The molecule has 0 radical (unpaired) electrons. The number of amides is 1. The van der Waals surface area contributed by atoms with Crippen molar-refractivity contribution in [3.05, 3.63) is 69.2 Å². The highest BCUT2D eigenvalue weighted by atomic mass is 35.5. The van der Waals surface area contributed by atoms with E-state index in [1.54, 1.807) is 42.5 Å². The molecule has 9 heteroatoms. The molecule has 1 heterocycles. The van der Waals surface area contributed by atoms with Crippen LogP contribution in [0.3, 0.4) is 0 Å². The third-order valence-electron chi connectivity index (χ3n) is 3.55. The summed E-state index contributed by atoms with van der Waals surface area (Å²) in [6, 6.07) is 12.1. The summed E-state index contributed by atoms with van der Waals surface area (Å²) in [5.41, 5.74) is 2.14. The maximum Gasteiger partial charge on any atom is 0.298 e. The molecule has 0 aliphatic heterocycles. The van der Waals surface area contributed by atoms with Gasteiger partial charge in [0.25, 0.3) is 11.7 Å². The first-order valence-corrected chi connectivity index (χ1v) is 10.3. The van der Waals surface area contributed by atoms with E-state index in [0.29, 0.717) is 25.7 Å². The van der Waals surface area contributed by atoms with Crippen LogP contribution < -0.4 is 5.32 Å². The Morgan fingerprint density at radius 2 is 1.74 bits per heavy atom. The predicted molar refractivity (Wildman–Crippen MR) is 110 cm³/mol. The fourth-order valence-corrected chi connectivity index (χ4v) is 4.60. The molecule has 0 unspecified atom stereocenters. The molecule has 1 amide bonds. The molecule has 0 spiro atoms. The van der Waals surface area contributed by atoms with Crippen molar-refractivity contribution < 1.29 is 9.59 Å². The minimum absolute atomic E-state index is 0.258. The molecule has 0 bridgehead atoms. The standard InChI is InChI=1S/C18H13Cl2N3O2S2/c1-10-5-7-11(8-6-10)15(24)16(25)21-17-22-23-18(27-17)26-9-12-13(19)3-2-4-14(12)20/h2-8H,9H2,1H3,(H,21,22,25). The van der Waals surface area contributed by atoms with Crippen molar-refractivity contribution in [2.24, 2.45) is 0 Å². The van der Waals surface area contributed by atoms with Crippen LogP contribution in [-0.4, -0.2) is 21.9 Å². The lowest BCUT2D eigenvalue weighted by molar-refractivity contribution is -0.112. The van der Waals surface area contributed by atoms with Crippen LogP contribution in [0.4, 0.5) is 5.13 Å². The molecule has 1 N–H and O–H groups in total. The first-order chi connectivity index (χ1) is 12.9. The van der Waals surface area contributed by atoms with E-state index in [2.05, 4.69) is 15.5 Å². The van der Waals surface area contributed by atoms with Gasteiger partial charge in [-0.1, -0.05) is 82.2 Å². The van der Waals surface area contributed by atoms with Crippen LogP contribution >= 0.6 is 46.3 Å². The van der Waals surface area contributed by atoms with Gasteiger partial charge in [0, 0.05) is 21.4 Å². The van der Waals surface area contributed by atoms with Crippen LogP contribution in [0.25, 0.3) is 0 Å². The van der Waals surface area contributed by atoms with Crippen molar-refractivity contribution in [3.63, 3.8) is 0 Å². The number of nitrogens with one attached hydrogen (secondary N) is 1. The van der Waals surface area contributed by atoms with E-state index < -0.39 is 11.7 Å². The van der Waals surface area contributed by atoms with Gasteiger partial charge >= 0.3 is 0 Å². The lowest BCUT2D eigenvalue weighted by atomic mass is 10.1. The van der Waals surface area contributed by atoms with Gasteiger partial charge in [-0.2, -0.15) is 0 Å². The van der Waals surface area contributed by atoms with Crippen LogP contribution in [0.2, 0.25) is 10.0 Å². The molecule has 3 aromatic rings. The van der Waals surface area contributed by atoms with Gasteiger partial charge in [-0.25, -0.2) is 0 Å². The Kier molecular flexibility index (Phi) is 6.49. The van der Waals surface area contributed by atoms with Gasteiger partial charge in [0.1, 0.15) is 0 Å². The first kappa shape index (κ1) is 19.8. The Balaban J connectivity index is 1.61. The summed E-state index contributed by atoms with van der Waals surface area (Å²) < 4.78 is 0.629. The molecule has 0 aliphatic carbocycles. The zero-order chi connectivity index (χ0) is 19.4. The van der Waals surface area contributed by atoms with E-state index in [1.807, 2.05) is 6.92 Å². The van der Waals surface area contributed by atoms with Gasteiger partial charge in [0.05, 0.1) is 0 Å². The summed E-state index contributed by atoms with van der Waals surface area (Å²) in [7, 11) is 0. The number of benzene rings is 2. The quantitative estimate of drug-likeness (QED) is 0.246. The Hall–Kier alpha value is -1.93. The number of hydrogen-bond acceptors (Lipinski definition) is 6. The number of hydrogen-bond donors (Lipinski definition) is 1. The van der Waals surface area contributed by atoms with Crippen molar-refractivity contribution in [2.45, 2.75) is 17.0 Å². The van der Waals surface area contributed by atoms with Crippen LogP contribution in [0, 0.1) is 6.92 Å². The summed E-state index contributed by atoms with van der Waals surface area (Å²) in [6.07, 6.45) is 0. The molecule has 0 aliphatic rings. The molecule has 0 fully saturated rings. The second-order valence-electron chi connectivity index (χ2n) is 5.51. The van der Waals surface area contributed by atoms with Gasteiger partial charge in [0.15, 0.2) is 4.34 Å². The smallest absolute Gasteiger partial charge is 0.293 e. The largest absolute Gasteiger partial charge is 0.298 e. The molecule has 3 rings (SSSR count). The third-order valence-corrected chi connectivity index (χ3v) is 6.26. The van der Waals surface area contributed by atoms with Crippen LogP contribution in [0.15, 0.2) is 46.8 Å². The van der Waals surface area contributed by atoms with Crippen LogP contribution in [0.5, 0.6) is 0 Å². The van der Waals surface area contributed by atoms with E-state index in [4.69, 9.17) is 23.2 Å². The fourth-order valence-electron chi connectivity index (χ4n) is 2.11. The third kappa shape index (κ3) is 5.07. The Morgan fingerprint density at radius 3 is 2.41 bits per heavy atom. The zero-order valence-corrected chi connectivity index (χ0v) is 17.2. The maximum absolute atomic E-state index is 12.2. The number of anilines is 1. The van der Waals surface area contributed by atoms with E-state index in [1.165, 1.54) is 23.1 Å². The molecule has 0 saturated heterocycles. The number of aryl methyl sites for hydroxylation is 1. The average molecular weight is 438 g/mol. The van der Waals surface area contributed by atoms with E-state index >= 15 is 0 Å². The van der Waals surface area contributed by atoms with Gasteiger partial charge in [-0.3, -0.25) is 14.9 Å². The number of rotatable bonds is 6. The number of carbonyl (C=O) groups is 2. The average Bonchev–Trinajstić information content (AvgIpc) is 3.08. The molecule has 2 aromatic carbocycles. The van der Waals surface area contributed by atoms with Crippen molar-refractivity contribution in [1.29, 1.82) is 0 Å². The van der Waals surface area contributed by atoms with Crippen LogP contribution in [-0.2, 0) is 10.5 Å². The van der Waals surface area contributed by atoms with Gasteiger partial charge in [-0.15, -0.1) is 10.2 Å². The summed E-state index contributed by atoms with van der Waals surface area (Å²) in [5.74, 6) is -0.855. The van der Waals surface area contributed by atoms with E-state index in [9.17, 15) is 9.59 Å². The molecular formula is C18H13Cl2N3O2S2. The second kappa shape index (κ2) is 8.84. The summed E-state index contributed by atoms with van der Waals surface area (Å²) in [6.45, 7) is 1.91. The lowest BCUT2D eigenvalue weighted by Gasteiger charge is -2.04. The number of thioether (sulfide) groups is 1. The van der Waals surface area contributed by atoms with Gasteiger partial charge < -0.3 is 0 Å². The number of nitrogens with zero attached hydrogens (tertiary/aromatic N) is 2. The van der Waals surface area contributed by atoms with Gasteiger partial charge in [0.2, 0.25) is 5.13 Å². The summed E-state index contributed by atoms with van der Waals surface area (Å²) in [5, 5.41) is 11.8. The molecule has 27 heavy (non-hydrogen) atoms. The van der Waals surface area contributed by atoms with Crippen molar-refractivity contribution in [1.82, 2.24) is 10.2 Å². The normalized spacial score (nSPS) is 10.6. The Bertz CT molecular complexity index is 970. The van der Waals surface area contributed by atoms with Crippen molar-refractivity contribution in [2.75, 3.05) is 5.32 Å². The first-order valence-electron chi connectivity index (χ1n) is 7.75. The van der Waals surface area contributed by atoms with Crippen LogP contribution in [0.1, 0.15) is 21.5 Å². The minimum atomic E-state index is -0.749. The summed E-state index contributed by atoms with van der Waals surface area (Å²) in [4.78, 5) is 24.3. The van der Waals surface area contributed by atoms with E-state index in [-0.39, 0.29) is 5.13 Å².